The number of anilines is 2. The summed E-state index contributed by atoms with van der Waals surface area (Å²) in [6.45, 7) is 19.5. The average molecular weight is 456 g/mol. The first kappa shape index (κ1) is 24.9. The lowest BCUT2D eigenvalue weighted by molar-refractivity contribution is -0.00522. The molecule has 2 aliphatic heterocycles. The van der Waals surface area contributed by atoms with E-state index < -0.39 is 0 Å². The molecule has 0 unspecified atom stereocenters. The van der Waals surface area contributed by atoms with E-state index in [4.69, 9.17) is 4.74 Å². The Morgan fingerprint density at radius 2 is 1.52 bits per heavy atom. The van der Waals surface area contributed by atoms with Gasteiger partial charge in [0.25, 0.3) is 0 Å². The molecule has 3 fully saturated rings. The normalized spacial score (nSPS) is 27.2. The van der Waals surface area contributed by atoms with Crippen LogP contribution in [0.1, 0.15) is 91.0 Å². The summed E-state index contributed by atoms with van der Waals surface area (Å²) in [5.74, 6) is 0.704. The highest BCUT2D eigenvalue weighted by Crippen LogP contribution is 2.49. The molecule has 0 spiro atoms. The quantitative estimate of drug-likeness (QED) is 0.480. The van der Waals surface area contributed by atoms with Gasteiger partial charge in [-0.2, -0.15) is 0 Å². The second kappa shape index (κ2) is 11.0. The van der Waals surface area contributed by atoms with Crippen molar-refractivity contribution in [2.75, 3.05) is 55.6 Å². The van der Waals surface area contributed by atoms with Crippen LogP contribution in [0.2, 0.25) is 0 Å². The number of hydrogen-bond acceptors (Lipinski definition) is 4. The van der Waals surface area contributed by atoms with E-state index in [9.17, 15) is 0 Å². The Morgan fingerprint density at radius 1 is 0.879 bits per heavy atom. The van der Waals surface area contributed by atoms with Gasteiger partial charge >= 0.3 is 0 Å². The zero-order valence-corrected chi connectivity index (χ0v) is 22.1. The van der Waals surface area contributed by atoms with Crippen molar-refractivity contribution in [2.45, 2.75) is 97.7 Å². The third-order valence-electron chi connectivity index (χ3n) is 9.03. The van der Waals surface area contributed by atoms with Crippen molar-refractivity contribution < 1.29 is 4.74 Å². The van der Waals surface area contributed by atoms with Crippen molar-refractivity contribution in [3.05, 3.63) is 23.8 Å². The largest absolute Gasteiger partial charge is 0.372 e. The first-order chi connectivity index (χ1) is 16.0. The van der Waals surface area contributed by atoms with E-state index in [0.717, 1.165) is 13.1 Å². The predicted octanol–water partition coefficient (Wildman–Crippen LogP) is 6.30. The maximum Gasteiger partial charge on any atom is 0.0726 e. The first-order valence-corrected chi connectivity index (χ1v) is 14.0. The second-order valence-corrected chi connectivity index (χ2v) is 11.2. The number of piperazine rings is 1. The van der Waals surface area contributed by atoms with Crippen LogP contribution in [-0.2, 0) is 4.74 Å². The lowest BCUT2D eigenvalue weighted by Crippen LogP contribution is -2.47. The van der Waals surface area contributed by atoms with Gasteiger partial charge in [-0.3, -0.25) is 4.90 Å². The minimum atomic E-state index is 0.299. The molecular weight excluding hydrogens is 406 g/mol. The maximum atomic E-state index is 6.03. The Labute approximate surface area is 203 Å². The summed E-state index contributed by atoms with van der Waals surface area (Å²) in [4.78, 5) is 7.90. The fourth-order valence-corrected chi connectivity index (χ4v) is 6.77. The smallest absolute Gasteiger partial charge is 0.0726 e. The lowest BCUT2D eigenvalue weighted by atomic mass is 9.66. The second-order valence-electron chi connectivity index (χ2n) is 11.2. The van der Waals surface area contributed by atoms with Gasteiger partial charge in [0.2, 0.25) is 0 Å². The van der Waals surface area contributed by atoms with Crippen molar-refractivity contribution in [1.29, 1.82) is 0 Å². The molecular formula is C29H49N3O. The van der Waals surface area contributed by atoms with Gasteiger partial charge in [-0.15, -0.1) is 0 Å². The monoisotopic (exact) mass is 455 g/mol. The van der Waals surface area contributed by atoms with Crippen molar-refractivity contribution >= 4 is 11.4 Å². The van der Waals surface area contributed by atoms with E-state index in [1.807, 2.05) is 0 Å². The van der Waals surface area contributed by atoms with Crippen LogP contribution in [-0.4, -0.2) is 62.9 Å². The molecule has 2 atom stereocenters. The average Bonchev–Trinajstić information content (AvgIpc) is 2.84. The van der Waals surface area contributed by atoms with E-state index >= 15 is 0 Å². The topological polar surface area (TPSA) is 19.0 Å². The fraction of sp³-hybridized carbons (Fsp3) is 0.793. The molecule has 0 bridgehead atoms. The van der Waals surface area contributed by atoms with Gasteiger partial charge in [-0.25, -0.2) is 0 Å². The highest BCUT2D eigenvalue weighted by molar-refractivity contribution is 5.64. The number of hydrogen-bond donors (Lipinski definition) is 0. The van der Waals surface area contributed by atoms with Gasteiger partial charge < -0.3 is 14.5 Å². The van der Waals surface area contributed by atoms with Gasteiger partial charge in [0.05, 0.1) is 12.2 Å². The van der Waals surface area contributed by atoms with Crippen LogP contribution in [0, 0.1) is 5.41 Å². The van der Waals surface area contributed by atoms with Crippen molar-refractivity contribution in [1.82, 2.24) is 4.90 Å². The zero-order chi connectivity index (χ0) is 23.4. The molecule has 1 saturated carbocycles. The van der Waals surface area contributed by atoms with E-state index in [1.165, 1.54) is 89.0 Å². The summed E-state index contributed by atoms with van der Waals surface area (Å²) in [7, 11) is 0. The number of rotatable bonds is 7. The van der Waals surface area contributed by atoms with Crippen LogP contribution in [0.25, 0.3) is 0 Å². The number of nitrogens with zero attached hydrogens (tertiary/aromatic N) is 3. The van der Waals surface area contributed by atoms with Gasteiger partial charge in [0, 0.05) is 50.6 Å². The Hall–Kier alpha value is -1.26. The Bertz CT molecular complexity index is 733. The van der Waals surface area contributed by atoms with Crippen molar-refractivity contribution in [2.24, 2.45) is 5.41 Å². The molecule has 4 heteroatoms. The van der Waals surface area contributed by atoms with Gasteiger partial charge in [0.1, 0.15) is 0 Å². The van der Waals surface area contributed by atoms with Crippen LogP contribution in [0.15, 0.2) is 18.2 Å². The van der Waals surface area contributed by atoms with Crippen LogP contribution in [0.5, 0.6) is 0 Å². The molecule has 1 aliphatic carbocycles. The van der Waals surface area contributed by atoms with Crippen LogP contribution in [0.4, 0.5) is 11.4 Å². The first-order valence-electron chi connectivity index (χ1n) is 14.0. The molecule has 2 saturated heterocycles. The summed E-state index contributed by atoms with van der Waals surface area (Å²) >= 11 is 0. The fourth-order valence-electron chi connectivity index (χ4n) is 6.77. The maximum absolute atomic E-state index is 6.03. The van der Waals surface area contributed by atoms with Crippen LogP contribution < -0.4 is 9.80 Å². The molecule has 33 heavy (non-hydrogen) atoms. The lowest BCUT2D eigenvalue weighted by Gasteiger charge is -2.42. The third-order valence-corrected chi connectivity index (χ3v) is 9.03. The number of benzene rings is 1. The summed E-state index contributed by atoms with van der Waals surface area (Å²) in [6, 6.07) is 7.44. The van der Waals surface area contributed by atoms with Crippen LogP contribution in [0.3, 0.4) is 0 Å². The Kier molecular flexibility index (Phi) is 8.28. The summed E-state index contributed by atoms with van der Waals surface area (Å²) in [5.41, 5.74) is 5.15. The SMILES string of the molecule is CCCN1CCN(c2ccc(N3C[C@@H](C)O[C@@H](C)C3)cc2C2CCC(CC)(CC)CC2)CC1. The summed E-state index contributed by atoms with van der Waals surface area (Å²) < 4.78 is 6.03. The molecule has 4 nitrogen and oxygen atoms in total. The van der Waals surface area contributed by atoms with E-state index in [2.05, 4.69) is 67.5 Å². The predicted molar refractivity (Wildman–Crippen MR) is 142 cm³/mol. The third kappa shape index (κ3) is 5.70. The van der Waals surface area contributed by atoms with Gasteiger partial charge in [-0.05, 0) is 87.6 Å². The van der Waals surface area contributed by atoms with E-state index in [-0.39, 0.29) is 0 Å². The van der Waals surface area contributed by atoms with Gasteiger partial charge in [0.15, 0.2) is 0 Å². The number of ether oxygens (including phenoxy) is 1. The molecule has 0 N–H and O–H groups in total. The number of morpholine rings is 1. The summed E-state index contributed by atoms with van der Waals surface area (Å²) in [6.07, 6.45) is 10.0. The minimum Gasteiger partial charge on any atom is -0.372 e. The minimum absolute atomic E-state index is 0.299. The molecule has 0 aromatic heterocycles. The molecule has 0 amide bonds. The molecule has 1 aromatic carbocycles. The van der Waals surface area contributed by atoms with E-state index in [1.54, 1.807) is 5.56 Å². The Balaban J connectivity index is 1.58. The molecule has 0 radical (unpaired) electrons. The van der Waals surface area contributed by atoms with Crippen molar-refractivity contribution in [3.8, 4) is 0 Å². The molecule has 4 rings (SSSR count). The zero-order valence-electron chi connectivity index (χ0n) is 22.1. The van der Waals surface area contributed by atoms with Crippen LogP contribution >= 0.6 is 0 Å². The van der Waals surface area contributed by atoms with Gasteiger partial charge in [-0.1, -0.05) is 33.6 Å². The van der Waals surface area contributed by atoms with Crippen molar-refractivity contribution in [3.63, 3.8) is 0 Å². The molecule has 3 aliphatic rings. The molecule has 1 aromatic rings. The Morgan fingerprint density at radius 3 is 2.09 bits per heavy atom. The standard InChI is InChI=1S/C29H49N3O/c1-6-15-30-16-18-31(19-17-30)28-10-9-26(32-21-23(4)33-24(5)22-32)20-27(28)25-11-13-29(7-2,8-3)14-12-25/h9-10,20,23-25H,6-8,11-19,21-22H2,1-5H3/t23-,24+. The molecule has 2 heterocycles. The molecule has 186 valence electrons. The highest BCUT2D eigenvalue weighted by atomic mass is 16.5. The summed E-state index contributed by atoms with van der Waals surface area (Å²) in [5, 5.41) is 0. The highest BCUT2D eigenvalue weighted by Gasteiger charge is 2.34. The van der Waals surface area contributed by atoms with E-state index in [0.29, 0.717) is 23.5 Å².